The molecular formula is C21H23N5OS. The van der Waals surface area contributed by atoms with Crippen molar-refractivity contribution in [2.75, 3.05) is 35.2 Å². The van der Waals surface area contributed by atoms with Gasteiger partial charge in [-0.2, -0.15) is 0 Å². The minimum Gasteiger partial charge on any atom is -0.398 e. The lowest BCUT2D eigenvalue weighted by molar-refractivity contribution is -0.122. The monoisotopic (exact) mass is 393 g/mol. The number of rotatable bonds is 2. The van der Waals surface area contributed by atoms with Gasteiger partial charge in [0.2, 0.25) is 5.91 Å². The summed E-state index contributed by atoms with van der Waals surface area (Å²) >= 11 is 1.62. The Kier molecular flexibility index (Phi) is 4.39. The van der Waals surface area contributed by atoms with Gasteiger partial charge in [-0.05, 0) is 54.8 Å². The van der Waals surface area contributed by atoms with Crippen molar-refractivity contribution in [1.82, 2.24) is 9.97 Å². The minimum absolute atomic E-state index is 0.0234. The summed E-state index contributed by atoms with van der Waals surface area (Å²) in [6.07, 6.45) is 5.44. The van der Waals surface area contributed by atoms with Crippen molar-refractivity contribution in [3.8, 4) is 0 Å². The number of nitrogens with two attached hydrogens (primary N) is 1. The number of nitrogens with zero attached hydrogens (tertiary/aromatic N) is 4. The third-order valence-corrected chi connectivity index (χ3v) is 6.68. The second-order valence-corrected chi connectivity index (χ2v) is 8.45. The summed E-state index contributed by atoms with van der Waals surface area (Å²) in [6.45, 7) is 2.40. The number of fused-ring (bicyclic) bond motifs is 2. The van der Waals surface area contributed by atoms with Crippen molar-refractivity contribution in [3.05, 3.63) is 41.5 Å². The molecule has 1 saturated heterocycles. The molecule has 0 saturated carbocycles. The lowest BCUT2D eigenvalue weighted by atomic mass is 9.93. The first-order valence-electron chi connectivity index (χ1n) is 9.84. The Hall–Kier alpha value is -2.67. The fourth-order valence-electron chi connectivity index (χ4n) is 4.50. The van der Waals surface area contributed by atoms with Crippen LogP contribution in [0.4, 0.5) is 17.2 Å². The number of thiophene rings is 1. The van der Waals surface area contributed by atoms with Gasteiger partial charge in [0, 0.05) is 31.0 Å². The summed E-state index contributed by atoms with van der Waals surface area (Å²) in [5, 5.41) is 3.13. The van der Waals surface area contributed by atoms with E-state index < -0.39 is 0 Å². The first-order valence-corrected chi connectivity index (χ1v) is 10.7. The van der Waals surface area contributed by atoms with E-state index >= 15 is 0 Å². The van der Waals surface area contributed by atoms with Crippen molar-refractivity contribution >= 4 is 44.7 Å². The topological polar surface area (TPSA) is 75.3 Å². The number of anilines is 3. The van der Waals surface area contributed by atoms with Gasteiger partial charge in [0.25, 0.3) is 0 Å². The molecule has 144 valence electrons. The van der Waals surface area contributed by atoms with E-state index in [0.717, 1.165) is 71.7 Å². The number of carbonyl (C=O) groups excluding carboxylic acids is 1. The number of piperidine rings is 1. The first kappa shape index (κ1) is 17.4. The maximum Gasteiger partial charge on any atom is 0.231 e. The first-order chi connectivity index (χ1) is 13.7. The molecule has 1 amide bonds. The fourth-order valence-corrected chi connectivity index (χ4v) is 5.23. The second-order valence-electron chi connectivity index (χ2n) is 7.56. The van der Waals surface area contributed by atoms with Crippen molar-refractivity contribution < 1.29 is 4.79 Å². The van der Waals surface area contributed by atoms with Crippen LogP contribution in [0.25, 0.3) is 10.2 Å². The zero-order chi connectivity index (χ0) is 19.1. The van der Waals surface area contributed by atoms with E-state index in [-0.39, 0.29) is 11.8 Å². The highest BCUT2D eigenvalue weighted by Gasteiger charge is 2.33. The van der Waals surface area contributed by atoms with E-state index in [1.165, 1.54) is 0 Å². The SMILES string of the molecule is Nc1cccc2c1CCCN2C(=O)C1CCCN(c2ncnc3sccc23)C1. The summed E-state index contributed by atoms with van der Waals surface area (Å²) in [6, 6.07) is 7.98. The smallest absolute Gasteiger partial charge is 0.231 e. The molecule has 2 N–H and O–H groups in total. The van der Waals surface area contributed by atoms with E-state index in [0.29, 0.717) is 6.54 Å². The molecule has 2 aliphatic rings. The van der Waals surface area contributed by atoms with E-state index in [1.807, 2.05) is 28.5 Å². The molecule has 7 heteroatoms. The molecule has 28 heavy (non-hydrogen) atoms. The van der Waals surface area contributed by atoms with Gasteiger partial charge in [-0.1, -0.05) is 6.07 Å². The van der Waals surface area contributed by atoms with Gasteiger partial charge in [0.05, 0.1) is 11.3 Å². The Bertz CT molecular complexity index is 1030. The Morgan fingerprint density at radius 3 is 3.04 bits per heavy atom. The predicted octanol–water partition coefficient (Wildman–Crippen LogP) is 3.47. The van der Waals surface area contributed by atoms with Crippen LogP contribution in [-0.4, -0.2) is 35.5 Å². The van der Waals surface area contributed by atoms with Crippen LogP contribution in [0, 0.1) is 5.92 Å². The molecule has 1 atom stereocenters. The maximum atomic E-state index is 13.4. The molecule has 1 fully saturated rings. The predicted molar refractivity (Wildman–Crippen MR) is 114 cm³/mol. The molecule has 5 rings (SSSR count). The second kappa shape index (κ2) is 7.05. The molecule has 0 aliphatic carbocycles. The number of amides is 1. The zero-order valence-corrected chi connectivity index (χ0v) is 16.5. The highest BCUT2D eigenvalue weighted by atomic mass is 32.1. The Morgan fingerprint density at radius 2 is 2.11 bits per heavy atom. The van der Waals surface area contributed by atoms with Crippen molar-refractivity contribution in [3.63, 3.8) is 0 Å². The van der Waals surface area contributed by atoms with E-state index in [9.17, 15) is 4.79 Å². The summed E-state index contributed by atoms with van der Waals surface area (Å²) in [5.74, 6) is 1.14. The summed E-state index contributed by atoms with van der Waals surface area (Å²) < 4.78 is 0. The van der Waals surface area contributed by atoms with Gasteiger partial charge < -0.3 is 15.5 Å². The van der Waals surface area contributed by atoms with Crippen LogP contribution in [0.2, 0.25) is 0 Å². The van der Waals surface area contributed by atoms with E-state index in [2.05, 4.69) is 20.9 Å². The average molecular weight is 394 g/mol. The average Bonchev–Trinajstić information content (AvgIpc) is 3.22. The molecule has 1 unspecified atom stereocenters. The molecule has 2 aliphatic heterocycles. The molecule has 1 aromatic carbocycles. The van der Waals surface area contributed by atoms with Crippen molar-refractivity contribution in [2.45, 2.75) is 25.7 Å². The molecule has 0 bridgehead atoms. The summed E-state index contributed by atoms with van der Waals surface area (Å²) in [4.78, 5) is 27.6. The fraction of sp³-hybridized carbons (Fsp3) is 0.381. The number of nitrogen functional groups attached to an aromatic ring is 1. The minimum atomic E-state index is -0.0234. The largest absolute Gasteiger partial charge is 0.398 e. The number of hydrogen-bond donors (Lipinski definition) is 1. The standard InChI is InChI=1S/C21H23N5OS/c22-17-6-1-7-18-15(17)5-3-10-26(18)21(27)14-4-2-9-25(12-14)19-16-8-11-28-20(16)24-13-23-19/h1,6-8,11,13-14H,2-5,9-10,12,22H2. The maximum absolute atomic E-state index is 13.4. The van der Waals surface area contributed by atoms with E-state index in [1.54, 1.807) is 17.7 Å². The van der Waals surface area contributed by atoms with Gasteiger partial charge in [-0.3, -0.25) is 4.79 Å². The van der Waals surface area contributed by atoms with Gasteiger partial charge in [-0.15, -0.1) is 11.3 Å². The van der Waals surface area contributed by atoms with Crippen LogP contribution in [0.15, 0.2) is 36.0 Å². The molecular weight excluding hydrogens is 370 g/mol. The Labute approximate surface area is 168 Å². The van der Waals surface area contributed by atoms with Crippen LogP contribution in [-0.2, 0) is 11.2 Å². The van der Waals surface area contributed by atoms with E-state index in [4.69, 9.17) is 5.73 Å². The Morgan fingerprint density at radius 1 is 1.18 bits per heavy atom. The molecule has 2 aromatic heterocycles. The van der Waals surface area contributed by atoms with Gasteiger partial charge in [0.15, 0.2) is 0 Å². The Balaban J connectivity index is 1.41. The molecule has 6 nitrogen and oxygen atoms in total. The van der Waals surface area contributed by atoms with Gasteiger partial charge in [-0.25, -0.2) is 9.97 Å². The molecule has 0 radical (unpaired) electrons. The van der Waals surface area contributed by atoms with Crippen LogP contribution in [0.5, 0.6) is 0 Å². The van der Waals surface area contributed by atoms with Crippen LogP contribution in [0.1, 0.15) is 24.8 Å². The van der Waals surface area contributed by atoms with Gasteiger partial charge in [0.1, 0.15) is 17.0 Å². The third-order valence-electron chi connectivity index (χ3n) is 5.86. The number of aromatic nitrogens is 2. The number of carbonyl (C=O) groups is 1. The lowest BCUT2D eigenvalue weighted by Gasteiger charge is -2.37. The third kappa shape index (κ3) is 2.90. The van der Waals surface area contributed by atoms with Crippen molar-refractivity contribution in [2.24, 2.45) is 5.92 Å². The molecule has 4 heterocycles. The molecule has 3 aromatic rings. The van der Waals surface area contributed by atoms with Crippen LogP contribution >= 0.6 is 11.3 Å². The number of benzene rings is 1. The van der Waals surface area contributed by atoms with Crippen LogP contribution < -0.4 is 15.5 Å². The number of hydrogen-bond acceptors (Lipinski definition) is 6. The van der Waals surface area contributed by atoms with Crippen LogP contribution in [0.3, 0.4) is 0 Å². The highest BCUT2D eigenvalue weighted by molar-refractivity contribution is 7.16. The van der Waals surface area contributed by atoms with Gasteiger partial charge >= 0.3 is 0 Å². The quantitative estimate of drug-likeness (QED) is 0.675. The highest BCUT2D eigenvalue weighted by Crippen LogP contribution is 2.34. The van der Waals surface area contributed by atoms with Crippen molar-refractivity contribution in [1.29, 1.82) is 0 Å². The normalized spacial score (nSPS) is 19.6. The molecule has 0 spiro atoms. The lowest BCUT2D eigenvalue weighted by Crippen LogP contribution is -2.46. The zero-order valence-electron chi connectivity index (χ0n) is 15.7. The summed E-state index contributed by atoms with van der Waals surface area (Å²) in [5.41, 5.74) is 9.07. The summed E-state index contributed by atoms with van der Waals surface area (Å²) in [7, 11) is 0.